The zero-order chi connectivity index (χ0) is 17.4. The van der Waals surface area contributed by atoms with Gasteiger partial charge in [0.15, 0.2) is 10.8 Å². The predicted octanol–water partition coefficient (Wildman–Crippen LogP) is 2.45. The lowest BCUT2D eigenvalue weighted by molar-refractivity contribution is 0.0928. The fourth-order valence-electron chi connectivity index (χ4n) is 3.36. The summed E-state index contributed by atoms with van der Waals surface area (Å²) in [5, 5.41) is 10.0. The standard InChI is InChI=1S/C17H18N6OS/c1-10-14-11(5-3-6-13(14)23(2)22-10)20-16(24)12-9-25-17(21-12)15-18-7-4-8-19-15/h4,7-9,11H,3,5-6H2,1-2H3,(H,20,24). The van der Waals surface area contributed by atoms with Gasteiger partial charge in [0.2, 0.25) is 0 Å². The third-order valence-electron chi connectivity index (χ3n) is 4.45. The summed E-state index contributed by atoms with van der Waals surface area (Å²) in [6, 6.07) is 1.74. The van der Waals surface area contributed by atoms with Gasteiger partial charge in [-0.05, 0) is 32.3 Å². The molecule has 1 amide bonds. The van der Waals surface area contributed by atoms with E-state index in [1.165, 1.54) is 17.0 Å². The first kappa shape index (κ1) is 15.9. The highest BCUT2D eigenvalue weighted by Crippen LogP contribution is 2.32. The summed E-state index contributed by atoms with van der Waals surface area (Å²) in [6.45, 7) is 2.00. The third kappa shape index (κ3) is 2.93. The maximum absolute atomic E-state index is 12.7. The number of aromatic nitrogens is 5. The number of nitrogens with zero attached hydrogens (tertiary/aromatic N) is 5. The second-order valence-electron chi connectivity index (χ2n) is 6.10. The lowest BCUT2D eigenvalue weighted by atomic mass is 9.91. The normalized spacial score (nSPS) is 16.5. The van der Waals surface area contributed by atoms with E-state index in [0.717, 1.165) is 30.5 Å². The van der Waals surface area contributed by atoms with Crippen molar-refractivity contribution in [3.63, 3.8) is 0 Å². The number of thiazole rings is 1. The van der Waals surface area contributed by atoms with Gasteiger partial charge in [0.1, 0.15) is 5.69 Å². The summed E-state index contributed by atoms with van der Waals surface area (Å²) < 4.78 is 1.93. The first-order chi connectivity index (χ1) is 12.1. The zero-order valence-electron chi connectivity index (χ0n) is 14.1. The summed E-state index contributed by atoms with van der Waals surface area (Å²) in [5.41, 5.74) is 3.76. The number of nitrogens with one attached hydrogen (secondary N) is 1. The molecule has 7 nitrogen and oxygen atoms in total. The summed E-state index contributed by atoms with van der Waals surface area (Å²) in [6.07, 6.45) is 6.29. The van der Waals surface area contributed by atoms with E-state index in [-0.39, 0.29) is 11.9 Å². The van der Waals surface area contributed by atoms with E-state index in [0.29, 0.717) is 16.5 Å². The van der Waals surface area contributed by atoms with E-state index < -0.39 is 0 Å². The quantitative estimate of drug-likeness (QED) is 0.781. The Kier molecular flexibility index (Phi) is 4.04. The second-order valence-corrected chi connectivity index (χ2v) is 6.96. The van der Waals surface area contributed by atoms with E-state index in [2.05, 4.69) is 25.4 Å². The largest absolute Gasteiger partial charge is 0.344 e. The number of hydrogen-bond donors (Lipinski definition) is 1. The molecule has 0 spiro atoms. The Morgan fingerprint density at radius 1 is 1.36 bits per heavy atom. The maximum Gasteiger partial charge on any atom is 0.271 e. The molecule has 1 aliphatic rings. The Bertz CT molecular complexity index is 917. The molecule has 1 atom stereocenters. The van der Waals surface area contributed by atoms with Crippen LogP contribution in [0.4, 0.5) is 0 Å². The molecule has 3 aromatic heterocycles. The van der Waals surface area contributed by atoms with Crippen molar-refractivity contribution in [2.75, 3.05) is 0 Å². The molecule has 1 N–H and O–H groups in total. The molecule has 0 aromatic carbocycles. The Balaban J connectivity index is 1.55. The molecule has 1 unspecified atom stereocenters. The molecule has 0 bridgehead atoms. The molecule has 0 aliphatic heterocycles. The fraction of sp³-hybridized carbons (Fsp3) is 0.353. The van der Waals surface area contributed by atoms with Crippen molar-refractivity contribution in [3.05, 3.63) is 46.5 Å². The van der Waals surface area contributed by atoms with Crippen LogP contribution in [-0.4, -0.2) is 30.6 Å². The van der Waals surface area contributed by atoms with Crippen molar-refractivity contribution >= 4 is 17.2 Å². The van der Waals surface area contributed by atoms with Crippen LogP contribution in [-0.2, 0) is 13.5 Å². The molecule has 0 fully saturated rings. The molecule has 0 saturated heterocycles. The lowest BCUT2D eigenvalue weighted by Crippen LogP contribution is -2.31. The molecule has 25 heavy (non-hydrogen) atoms. The van der Waals surface area contributed by atoms with Crippen LogP contribution in [0.5, 0.6) is 0 Å². The molecule has 128 valence electrons. The lowest BCUT2D eigenvalue weighted by Gasteiger charge is -2.24. The zero-order valence-corrected chi connectivity index (χ0v) is 14.9. The summed E-state index contributed by atoms with van der Waals surface area (Å²) >= 11 is 1.37. The van der Waals surface area contributed by atoms with Gasteiger partial charge in [-0.25, -0.2) is 15.0 Å². The van der Waals surface area contributed by atoms with E-state index in [1.54, 1.807) is 23.8 Å². The maximum atomic E-state index is 12.7. The van der Waals surface area contributed by atoms with Crippen molar-refractivity contribution < 1.29 is 4.79 Å². The number of carbonyl (C=O) groups is 1. The highest BCUT2D eigenvalue weighted by molar-refractivity contribution is 7.13. The van der Waals surface area contributed by atoms with Crippen LogP contribution >= 0.6 is 11.3 Å². The Morgan fingerprint density at radius 3 is 2.96 bits per heavy atom. The number of rotatable bonds is 3. The van der Waals surface area contributed by atoms with Crippen LogP contribution < -0.4 is 5.32 Å². The van der Waals surface area contributed by atoms with Crippen molar-refractivity contribution in [2.45, 2.75) is 32.2 Å². The smallest absolute Gasteiger partial charge is 0.271 e. The highest BCUT2D eigenvalue weighted by Gasteiger charge is 2.28. The minimum absolute atomic E-state index is 0.0110. The van der Waals surface area contributed by atoms with Gasteiger partial charge in [0.25, 0.3) is 5.91 Å². The summed E-state index contributed by atoms with van der Waals surface area (Å²) in [7, 11) is 1.96. The van der Waals surface area contributed by atoms with Gasteiger partial charge >= 0.3 is 0 Å². The molecular formula is C17H18N6OS. The molecule has 1 aliphatic carbocycles. The van der Waals surface area contributed by atoms with Crippen molar-refractivity contribution in [1.82, 2.24) is 30.0 Å². The van der Waals surface area contributed by atoms with Gasteiger partial charge in [0, 0.05) is 36.1 Å². The number of amides is 1. The molecule has 4 rings (SSSR count). The third-order valence-corrected chi connectivity index (χ3v) is 5.28. The summed E-state index contributed by atoms with van der Waals surface area (Å²) in [5.74, 6) is 0.370. The monoisotopic (exact) mass is 354 g/mol. The van der Waals surface area contributed by atoms with E-state index in [4.69, 9.17) is 0 Å². The predicted molar refractivity (Wildman–Crippen MR) is 94.2 cm³/mol. The van der Waals surface area contributed by atoms with Crippen LogP contribution in [0, 0.1) is 6.92 Å². The van der Waals surface area contributed by atoms with Crippen LogP contribution in [0.3, 0.4) is 0 Å². The van der Waals surface area contributed by atoms with Gasteiger partial charge in [0.05, 0.1) is 11.7 Å². The first-order valence-electron chi connectivity index (χ1n) is 8.19. The summed E-state index contributed by atoms with van der Waals surface area (Å²) in [4.78, 5) is 25.4. The first-order valence-corrected chi connectivity index (χ1v) is 9.07. The van der Waals surface area contributed by atoms with E-state index in [1.807, 2.05) is 18.7 Å². The Hall–Kier alpha value is -2.61. The number of carbonyl (C=O) groups excluding carboxylic acids is 1. The van der Waals surface area contributed by atoms with Gasteiger partial charge in [-0.2, -0.15) is 5.10 Å². The SMILES string of the molecule is Cc1nn(C)c2c1C(NC(=O)c1csc(-c3ncccn3)n1)CCC2. The average Bonchev–Trinajstić information content (AvgIpc) is 3.22. The average molecular weight is 354 g/mol. The van der Waals surface area contributed by atoms with Crippen LogP contribution in [0.1, 0.15) is 46.3 Å². The molecule has 3 aromatic rings. The molecule has 0 radical (unpaired) electrons. The Morgan fingerprint density at radius 2 is 2.16 bits per heavy atom. The van der Waals surface area contributed by atoms with Crippen LogP contribution in [0.15, 0.2) is 23.8 Å². The fourth-order valence-corrected chi connectivity index (χ4v) is 4.10. The molecule has 0 saturated carbocycles. The van der Waals surface area contributed by atoms with E-state index in [9.17, 15) is 4.79 Å². The van der Waals surface area contributed by atoms with Crippen LogP contribution in [0.25, 0.3) is 10.8 Å². The van der Waals surface area contributed by atoms with Gasteiger partial charge in [-0.3, -0.25) is 9.48 Å². The minimum Gasteiger partial charge on any atom is -0.344 e. The number of fused-ring (bicyclic) bond motifs is 1. The topological polar surface area (TPSA) is 85.6 Å². The van der Waals surface area contributed by atoms with Gasteiger partial charge < -0.3 is 5.32 Å². The van der Waals surface area contributed by atoms with Crippen molar-refractivity contribution in [1.29, 1.82) is 0 Å². The molecule has 8 heteroatoms. The number of aryl methyl sites for hydroxylation is 2. The van der Waals surface area contributed by atoms with Crippen molar-refractivity contribution in [3.8, 4) is 10.8 Å². The molecular weight excluding hydrogens is 336 g/mol. The minimum atomic E-state index is -0.167. The number of hydrogen-bond acceptors (Lipinski definition) is 6. The Labute approximate surface area is 149 Å². The van der Waals surface area contributed by atoms with E-state index >= 15 is 0 Å². The van der Waals surface area contributed by atoms with Crippen LogP contribution in [0.2, 0.25) is 0 Å². The van der Waals surface area contributed by atoms with Crippen molar-refractivity contribution in [2.24, 2.45) is 7.05 Å². The highest BCUT2D eigenvalue weighted by atomic mass is 32.1. The molecule has 3 heterocycles. The second kappa shape index (κ2) is 6.36. The van der Waals surface area contributed by atoms with Gasteiger partial charge in [-0.15, -0.1) is 11.3 Å². The van der Waals surface area contributed by atoms with Gasteiger partial charge in [-0.1, -0.05) is 0 Å².